The minimum absolute atomic E-state index is 0.138. The molecule has 1 unspecified atom stereocenters. The molecule has 0 saturated heterocycles. The van der Waals surface area contributed by atoms with E-state index in [1.165, 1.54) is 18.9 Å². The van der Waals surface area contributed by atoms with Crippen LogP contribution in [0.25, 0.3) is 0 Å². The van der Waals surface area contributed by atoms with Crippen molar-refractivity contribution in [2.75, 3.05) is 23.9 Å². The predicted octanol–water partition coefficient (Wildman–Crippen LogP) is 0.779. The molecule has 0 heterocycles. The van der Waals surface area contributed by atoms with Crippen LogP contribution in [0.2, 0.25) is 0 Å². The van der Waals surface area contributed by atoms with Crippen molar-refractivity contribution in [3.63, 3.8) is 0 Å². The summed E-state index contributed by atoms with van der Waals surface area (Å²) < 4.78 is 5.10. The molecular weight excluding hydrogens is 268 g/mol. The number of carboxylic acid groups (broad SMARTS) is 1. The molecule has 104 valence electrons. The van der Waals surface area contributed by atoms with Crippen LogP contribution in [0, 0.1) is 0 Å². The van der Waals surface area contributed by atoms with Gasteiger partial charge < -0.3 is 20.9 Å². The molecule has 0 radical (unpaired) electrons. The van der Waals surface area contributed by atoms with E-state index >= 15 is 0 Å². The van der Waals surface area contributed by atoms with E-state index in [0.717, 1.165) is 0 Å². The molecule has 7 heteroatoms. The normalized spacial score (nSPS) is 11.7. The molecule has 19 heavy (non-hydrogen) atoms. The maximum Gasteiger partial charge on any atom is 0.321 e. The SMILES string of the molecule is COc1ccccc1NC(=O)CSCC(N)C(=O)O. The van der Waals surface area contributed by atoms with Gasteiger partial charge in [0.1, 0.15) is 11.8 Å². The summed E-state index contributed by atoms with van der Waals surface area (Å²) in [5.74, 6) is -0.402. The molecule has 0 fully saturated rings. The number of para-hydroxylation sites is 2. The number of nitrogens with one attached hydrogen (secondary N) is 1. The third-order valence-corrected chi connectivity index (χ3v) is 3.29. The molecule has 0 aromatic heterocycles. The quantitative estimate of drug-likeness (QED) is 0.684. The summed E-state index contributed by atoms with van der Waals surface area (Å²) in [5, 5.41) is 11.3. The van der Waals surface area contributed by atoms with Crippen molar-refractivity contribution in [1.29, 1.82) is 0 Å². The van der Waals surface area contributed by atoms with Crippen LogP contribution in [-0.2, 0) is 9.59 Å². The van der Waals surface area contributed by atoms with Gasteiger partial charge in [-0.1, -0.05) is 12.1 Å². The molecule has 0 aliphatic heterocycles. The van der Waals surface area contributed by atoms with Crippen LogP contribution in [0.4, 0.5) is 5.69 Å². The minimum atomic E-state index is -1.07. The second kappa shape index (κ2) is 7.65. The Morgan fingerprint density at radius 2 is 2.16 bits per heavy atom. The van der Waals surface area contributed by atoms with Crippen molar-refractivity contribution in [3.8, 4) is 5.75 Å². The van der Waals surface area contributed by atoms with E-state index < -0.39 is 12.0 Å². The van der Waals surface area contributed by atoms with Crippen LogP contribution in [0.5, 0.6) is 5.75 Å². The van der Waals surface area contributed by atoms with Gasteiger partial charge in [0.15, 0.2) is 0 Å². The number of carbonyl (C=O) groups is 2. The van der Waals surface area contributed by atoms with Crippen LogP contribution < -0.4 is 15.8 Å². The fourth-order valence-electron chi connectivity index (χ4n) is 1.28. The zero-order valence-corrected chi connectivity index (χ0v) is 11.3. The number of ether oxygens (including phenoxy) is 1. The van der Waals surface area contributed by atoms with Crippen molar-refractivity contribution < 1.29 is 19.4 Å². The van der Waals surface area contributed by atoms with Crippen molar-refractivity contribution in [2.45, 2.75) is 6.04 Å². The van der Waals surface area contributed by atoms with Gasteiger partial charge in [-0.25, -0.2) is 0 Å². The van der Waals surface area contributed by atoms with Gasteiger partial charge in [0, 0.05) is 5.75 Å². The smallest absolute Gasteiger partial charge is 0.321 e. The largest absolute Gasteiger partial charge is 0.495 e. The fourth-order valence-corrected chi connectivity index (χ4v) is 2.06. The van der Waals surface area contributed by atoms with E-state index in [0.29, 0.717) is 11.4 Å². The van der Waals surface area contributed by atoms with E-state index in [4.69, 9.17) is 15.6 Å². The van der Waals surface area contributed by atoms with Crippen LogP contribution in [0.15, 0.2) is 24.3 Å². The lowest BCUT2D eigenvalue weighted by Gasteiger charge is -2.10. The molecule has 1 rings (SSSR count). The fraction of sp³-hybridized carbons (Fsp3) is 0.333. The average molecular weight is 284 g/mol. The highest BCUT2D eigenvalue weighted by Crippen LogP contribution is 2.23. The minimum Gasteiger partial charge on any atom is -0.495 e. The Morgan fingerprint density at radius 1 is 1.47 bits per heavy atom. The number of hydrogen-bond acceptors (Lipinski definition) is 5. The Morgan fingerprint density at radius 3 is 2.79 bits per heavy atom. The molecule has 4 N–H and O–H groups in total. The lowest BCUT2D eigenvalue weighted by atomic mass is 10.3. The number of anilines is 1. The summed E-state index contributed by atoms with van der Waals surface area (Å²) in [6, 6.07) is 6.10. The molecule has 1 atom stereocenters. The molecule has 1 aromatic rings. The maximum atomic E-state index is 11.7. The molecule has 6 nitrogen and oxygen atoms in total. The lowest BCUT2D eigenvalue weighted by Crippen LogP contribution is -2.33. The van der Waals surface area contributed by atoms with Crippen molar-refractivity contribution in [1.82, 2.24) is 0 Å². The molecular formula is C12H16N2O4S. The van der Waals surface area contributed by atoms with E-state index in [2.05, 4.69) is 5.32 Å². The van der Waals surface area contributed by atoms with Crippen molar-refractivity contribution >= 4 is 29.3 Å². The lowest BCUT2D eigenvalue weighted by molar-refractivity contribution is -0.137. The number of carbonyl (C=O) groups excluding carboxylic acids is 1. The Hall–Kier alpha value is -1.73. The number of nitrogens with two attached hydrogens (primary N) is 1. The summed E-state index contributed by atoms with van der Waals surface area (Å²) in [6.45, 7) is 0. The van der Waals surface area contributed by atoms with Crippen LogP contribution in [-0.4, -0.2) is 41.6 Å². The third kappa shape index (κ3) is 5.19. The number of methoxy groups -OCH3 is 1. The second-order valence-corrected chi connectivity index (χ2v) is 4.74. The summed E-state index contributed by atoms with van der Waals surface area (Å²) in [4.78, 5) is 22.2. The van der Waals surface area contributed by atoms with Gasteiger partial charge >= 0.3 is 5.97 Å². The first kappa shape index (κ1) is 15.3. The number of carboxylic acids is 1. The second-order valence-electron chi connectivity index (χ2n) is 3.71. The Kier molecular flexibility index (Phi) is 6.17. The van der Waals surface area contributed by atoms with Crippen LogP contribution >= 0.6 is 11.8 Å². The number of benzene rings is 1. The monoisotopic (exact) mass is 284 g/mol. The van der Waals surface area contributed by atoms with Gasteiger partial charge in [0.05, 0.1) is 18.6 Å². The van der Waals surface area contributed by atoms with Gasteiger partial charge in [-0.05, 0) is 12.1 Å². The molecule has 1 amide bonds. The van der Waals surface area contributed by atoms with E-state index in [9.17, 15) is 9.59 Å². The van der Waals surface area contributed by atoms with Gasteiger partial charge in [-0.3, -0.25) is 9.59 Å². The number of hydrogen-bond donors (Lipinski definition) is 3. The number of thioether (sulfide) groups is 1. The Balaban J connectivity index is 2.41. The van der Waals surface area contributed by atoms with Crippen molar-refractivity contribution in [2.24, 2.45) is 5.73 Å². The van der Waals surface area contributed by atoms with Crippen molar-refractivity contribution in [3.05, 3.63) is 24.3 Å². The molecule has 0 bridgehead atoms. The number of rotatable bonds is 7. The number of amides is 1. The zero-order valence-electron chi connectivity index (χ0n) is 10.5. The number of aliphatic carboxylic acids is 1. The molecule has 0 saturated carbocycles. The molecule has 0 aliphatic carbocycles. The summed E-state index contributed by atoms with van der Waals surface area (Å²) in [5.41, 5.74) is 5.91. The first-order chi connectivity index (χ1) is 9.04. The van der Waals surface area contributed by atoms with E-state index in [-0.39, 0.29) is 17.4 Å². The topological polar surface area (TPSA) is 102 Å². The third-order valence-electron chi connectivity index (χ3n) is 2.23. The zero-order chi connectivity index (χ0) is 14.3. The van der Waals surface area contributed by atoms with E-state index in [1.54, 1.807) is 24.3 Å². The van der Waals surface area contributed by atoms with Gasteiger partial charge in [0.25, 0.3) is 0 Å². The van der Waals surface area contributed by atoms with Gasteiger partial charge in [-0.15, -0.1) is 11.8 Å². The highest BCUT2D eigenvalue weighted by molar-refractivity contribution is 8.00. The Bertz CT molecular complexity index is 453. The molecule has 0 aliphatic rings. The highest BCUT2D eigenvalue weighted by atomic mass is 32.2. The standard InChI is InChI=1S/C12H16N2O4S/c1-18-10-5-3-2-4-9(10)14-11(15)7-19-6-8(13)12(16)17/h2-5,8H,6-7,13H2,1H3,(H,14,15)(H,16,17). The summed E-state index contributed by atoms with van der Waals surface area (Å²) in [7, 11) is 1.52. The Labute approximate surface area is 115 Å². The molecule has 0 spiro atoms. The van der Waals surface area contributed by atoms with Gasteiger partial charge in [-0.2, -0.15) is 0 Å². The summed E-state index contributed by atoms with van der Waals surface area (Å²) in [6.07, 6.45) is 0. The molecule has 1 aromatic carbocycles. The highest BCUT2D eigenvalue weighted by Gasteiger charge is 2.13. The van der Waals surface area contributed by atoms with E-state index in [1.807, 2.05) is 0 Å². The van der Waals surface area contributed by atoms with Gasteiger partial charge in [0.2, 0.25) is 5.91 Å². The first-order valence-electron chi connectivity index (χ1n) is 5.53. The summed E-state index contributed by atoms with van der Waals surface area (Å²) >= 11 is 1.17. The van der Waals surface area contributed by atoms with Crippen LogP contribution in [0.1, 0.15) is 0 Å². The predicted molar refractivity (Wildman–Crippen MR) is 74.6 cm³/mol. The maximum absolute atomic E-state index is 11.7. The average Bonchev–Trinajstić information content (AvgIpc) is 2.39. The van der Waals surface area contributed by atoms with Crippen LogP contribution in [0.3, 0.4) is 0 Å². The first-order valence-corrected chi connectivity index (χ1v) is 6.69.